The zero-order valence-electron chi connectivity index (χ0n) is 16.4. The normalized spacial score (nSPS) is 24.3. The number of amides is 1. The molecule has 2 aromatic carbocycles. The van der Waals surface area contributed by atoms with Crippen LogP contribution in [0.2, 0.25) is 0 Å². The van der Waals surface area contributed by atoms with Crippen LogP contribution in [-0.4, -0.2) is 16.3 Å². The summed E-state index contributed by atoms with van der Waals surface area (Å²) in [5.74, 6) is 0.359. The average Bonchev–Trinajstić information content (AvgIpc) is 2.80. The zero-order valence-corrected chi connectivity index (χ0v) is 16.4. The molecule has 138 valence electrons. The Morgan fingerprint density at radius 1 is 1.04 bits per heavy atom. The molecule has 2 aromatic rings. The maximum Gasteiger partial charge on any atom is 0.238 e. The quantitative estimate of drug-likeness (QED) is 0.709. The van der Waals surface area contributed by atoms with Crippen LogP contribution in [0.25, 0.3) is 6.08 Å². The summed E-state index contributed by atoms with van der Waals surface area (Å²) in [6.45, 7) is 6.32. The fourth-order valence-corrected chi connectivity index (χ4v) is 4.53. The van der Waals surface area contributed by atoms with E-state index < -0.39 is 5.41 Å². The Hall–Kier alpha value is -2.61. The second kappa shape index (κ2) is 6.53. The second-order valence-corrected chi connectivity index (χ2v) is 8.65. The molecule has 0 saturated carbocycles. The molecule has 0 bridgehead atoms. The lowest BCUT2D eigenvalue weighted by atomic mass is 9.61. The molecule has 0 N–H and O–H groups in total. The maximum atomic E-state index is 14.2. The number of carbonyl (C=O) groups excluding carboxylic acids is 1. The largest absolute Gasteiger partial charge is 0.313 e. The van der Waals surface area contributed by atoms with E-state index in [1.165, 1.54) is 5.56 Å². The summed E-state index contributed by atoms with van der Waals surface area (Å²) < 4.78 is 0. The van der Waals surface area contributed by atoms with E-state index in [0.717, 1.165) is 17.5 Å². The van der Waals surface area contributed by atoms with E-state index in [2.05, 4.69) is 87.5 Å². The van der Waals surface area contributed by atoms with E-state index in [1.807, 2.05) is 17.2 Å². The molecule has 2 aliphatic rings. The van der Waals surface area contributed by atoms with E-state index in [4.69, 9.17) is 0 Å². The van der Waals surface area contributed by atoms with Gasteiger partial charge in [-0.3, -0.25) is 4.79 Å². The number of allylic oxidation sites excluding steroid dienone is 2. The smallest absolute Gasteiger partial charge is 0.238 e. The number of benzene rings is 2. The van der Waals surface area contributed by atoms with Gasteiger partial charge in [0.05, 0.1) is 5.41 Å². The van der Waals surface area contributed by atoms with Crippen molar-refractivity contribution in [2.24, 2.45) is 5.92 Å². The third-order valence-corrected chi connectivity index (χ3v) is 5.88. The van der Waals surface area contributed by atoms with Crippen molar-refractivity contribution < 1.29 is 4.79 Å². The molecule has 1 aliphatic carbocycles. The monoisotopic (exact) mass is 357 g/mol. The van der Waals surface area contributed by atoms with Crippen LogP contribution >= 0.6 is 0 Å². The predicted molar refractivity (Wildman–Crippen MR) is 111 cm³/mol. The molecule has 0 saturated heterocycles. The standard InChI is InChI=1S/C25H27NO/c1-24(2,3)26-17-9-13-21-16-15-20-12-7-8-14-22(20)25(21,23(26)27)18-19-10-5-4-6-11-19/h4-12,14-17,21H,13,18H2,1-3H3/t21-,25-/m1/s1. The molecule has 1 heterocycles. The van der Waals surface area contributed by atoms with Gasteiger partial charge < -0.3 is 4.90 Å². The summed E-state index contributed by atoms with van der Waals surface area (Å²) in [6.07, 6.45) is 10.2. The first-order valence-electron chi connectivity index (χ1n) is 9.75. The summed E-state index contributed by atoms with van der Waals surface area (Å²) in [6, 6.07) is 18.8. The SMILES string of the molecule is CC(C)(C)N1C=CC[C@@H]2C=Cc3ccccc3[C@]2(Cc2ccccc2)C1=O. The summed E-state index contributed by atoms with van der Waals surface area (Å²) in [7, 11) is 0. The van der Waals surface area contributed by atoms with Crippen molar-refractivity contribution in [1.82, 2.24) is 4.90 Å². The average molecular weight is 357 g/mol. The Bertz CT molecular complexity index is 903. The van der Waals surface area contributed by atoms with Gasteiger partial charge in [0.25, 0.3) is 0 Å². The molecule has 2 nitrogen and oxygen atoms in total. The van der Waals surface area contributed by atoms with Gasteiger partial charge in [-0.05, 0) is 56.2 Å². The topological polar surface area (TPSA) is 20.3 Å². The number of fused-ring (bicyclic) bond motifs is 3. The number of rotatable bonds is 2. The van der Waals surface area contributed by atoms with E-state index in [-0.39, 0.29) is 17.4 Å². The van der Waals surface area contributed by atoms with Gasteiger partial charge in [-0.2, -0.15) is 0 Å². The van der Waals surface area contributed by atoms with Crippen LogP contribution in [0.1, 0.15) is 43.9 Å². The Morgan fingerprint density at radius 3 is 2.48 bits per heavy atom. The van der Waals surface area contributed by atoms with Gasteiger partial charge in [0, 0.05) is 11.7 Å². The van der Waals surface area contributed by atoms with Crippen molar-refractivity contribution in [3.05, 3.63) is 89.6 Å². The highest BCUT2D eigenvalue weighted by molar-refractivity contribution is 5.93. The summed E-state index contributed by atoms with van der Waals surface area (Å²) in [5.41, 5.74) is 2.68. The van der Waals surface area contributed by atoms with Gasteiger partial charge in [0.2, 0.25) is 5.91 Å². The van der Waals surface area contributed by atoms with E-state index in [9.17, 15) is 4.79 Å². The Balaban J connectivity index is 1.94. The van der Waals surface area contributed by atoms with Crippen molar-refractivity contribution in [3.63, 3.8) is 0 Å². The highest BCUT2D eigenvalue weighted by Gasteiger charge is 2.52. The van der Waals surface area contributed by atoms with E-state index in [1.54, 1.807) is 0 Å². The van der Waals surface area contributed by atoms with Crippen molar-refractivity contribution in [1.29, 1.82) is 0 Å². The van der Waals surface area contributed by atoms with Gasteiger partial charge in [0.15, 0.2) is 0 Å². The minimum Gasteiger partial charge on any atom is -0.313 e. The van der Waals surface area contributed by atoms with Gasteiger partial charge in [-0.25, -0.2) is 0 Å². The van der Waals surface area contributed by atoms with Crippen LogP contribution in [0.15, 0.2) is 72.9 Å². The molecule has 0 unspecified atom stereocenters. The van der Waals surface area contributed by atoms with Crippen molar-refractivity contribution in [2.45, 2.75) is 44.6 Å². The Morgan fingerprint density at radius 2 is 1.74 bits per heavy atom. The summed E-state index contributed by atoms with van der Waals surface area (Å²) in [4.78, 5) is 16.1. The molecule has 0 fully saturated rings. The zero-order chi connectivity index (χ0) is 19.1. The van der Waals surface area contributed by atoms with Gasteiger partial charge in [0.1, 0.15) is 0 Å². The molecule has 0 spiro atoms. The molecule has 27 heavy (non-hydrogen) atoms. The molecular weight excluding hydrogens is 330 g/mol. The number of nitrogens with zero attached hydrogens (tertiary/aromatic N) is 1. The number of hydrogen-bond donors (Lipinski definition) is 0. The molecule has 4 rings (SSSR count). The van der Waals surface area contributed by atoms with Crippen molar-refractivity contribution >= 4 is 12.0 Å². The first-order valence-corrected chi connectivity index (χ1v) is 9.75. The molecule has 1 aliphatic heterocycles. The molecule has 0 aromatic heterocycles. The summed E-state index contributed by atoms with van der Waals surface area (Å²) >= 11 is 0. The fraction of sp³-hybridized carbons (Fsp3) is 0.320. The third-order valence-electron chi connectivity index (χ3n) is 5.88. The van der Waals surface area contributed by atoms with E-state index in [0.29, 0.717) is 6.42 Å². The summed E-state index contributed by atoms with van der Waals surface area (Å²) in [5, 5.41) is 0. The van der Waals surface area contributed by atoms with Crippen LogP contribution in [-0.2, 0) is 16.6 Å². The molecular formula is C25H27NO. The van der Waals surface area contributed by atoms with Crippen LogP contribution < -0.4 is 0 Å². The predicted octanol–water partition coefficient (Wildman–Crippen LogP) is 5.35. The lowest BCUT2D eigenvalue weighted by Crippen LogP contribution is -2.55. The highest BCUT2D eigenvalue weighted by atomic mass is 16.2. The Labute approximate surface area is 162 Å². The molecule has 2 atom stereocenters. The van der Waals surface area contributed by atoms with E-state index >= 15 is 0 Å². The fourth-order valence-electron chi connectivity index (χ4n) is 4.53. The van der Waals surface area contributed by atoms with Gasteiger partial charge in [-0.1, -0.05) is 72.8 Å². The molecule has 0 radical (unpaired) electrons. The van der Waals surface area contributed by atoms with Crippen LogP contribution in [0.4, 0.5) is 0 Å². The van der Waals surface area contributed by atoms with Crippen molar-refractivity contribution in [2.75, 3.05) is 0 Å². The third kappa shape index (κ3) is 2.93. The number of carbonyl (C=O) groups is 1. The maximum absolute atomic E-state index is 14.2. The number of hydrogen-bond acceptors (Lipinski definition) is 1. The van der Waals surface area contributed by atoms with Crippen LogP contribution in [0, 0.1) is 5.92 Å². The first kappa shape index (κ1) is 17.8. The first-order chi connectivity index (χ1) is 12.9. The second-order valence-electron chi connectivity index (χ2n) is 8.65. The minimum absolute atomic E-state index is 0.156. The molecule has 2 heteroatoms. The highest BCUT2D eigenvalue weighted by Crippen LogP contribution is 2.47. The lowest BCUT2D eigenvalue weighted by molar-refractivity contribution is -0.140. The minimum atomic E-state index is -0.580. The lowest BCUT2D eigenvalue weighted by Gasteiger charge is -2.45. The van der Waals surface area contributed by atoms with Gasteiger partial charge >= 0.3 is 0 Å². The van der Waals surface area contributed by atoms with Crippen molar-refractivity contribution in [3.8, 4) is 0 Å². The van der Waals surface area contributed by atoms with Crippen LogP contribution in [0.5, 0.6) is 0 Å². The van der Waals surface area contributed by atoms with Crippen LogP contribution in [0.3, 0.4) is 0 Å². The Kier molecular flexibility index (Phi) is 4.30. The molecule has 1 amide bonds. The van der Waals surface area contributed by atoms with Gasteiger partial charge in [-0.15, -0.1) is 0 Å².